The standard InChI is InChI=1S/C11H15NO4S/c1-2-6-17(14,15)7-5-16-11-4-3-10(9-13)12-8-11/h3-4,8-9H,2,5-7H2,1H3. The molecule has 1 aromatic heterocycles. The van der Waals surface area contributed by atoms with Gasteiger partial charge in [-0.25, -0.2) is 13.4 Å². The normalized spacial score (nSPS) is 11.1. The van der Waals surface area contributed by atoms with Gasteiger partial charge in [-0.05, 0) is 18.6 Å². The third kappa shape index (κ3) is 4.95. The first-order valence-corrected chi connectivity index (χ1v) is 7.14. The van der Waals surface area contributed by atoms with E-state index in [1.165, 1.54) is 12.3 Å². The van der Waals surface area contributed by atoms with Crippen LogP contribution in [-0.2, 0) is 9.84 Å². The van der Waals surface area contributed by atoms with E-state index in [1.54, 1.807) is 6.07 Å². The van der Waals surface area contributed by atoms with Crippen molar-refractivity contribution in [2.24, 2.45) is 0 Å². The van der Waals surface area contributed by atoms with E-state index in [2.05, 4.69) is 4.98 Å². The molecule has 0 unspecified atom stereocenters. The second kappa shape index (κ2) is 6.34. The molecule has 17 heavy (non-hydrogen) atoms. The minimum atomic E-state index is -3.02. The number of hydrogen-bond acceptors (Lipinski definition) is 5. The van der Waals surface area contributed by atoms with Crippen molar-refractivity contribution in [1.29, 1.82) is 0 Å². The summed E-state index contributed by atoms with van der Waals surface area (Å²) in [6.45, 7) is 1.92. The summed E-state index contributed by atoms with van der Waals surface area (Å²) in [5.41, 5.74) is 0.316. The molecule has 0 aromatic carbocycles. The van der Waals surface area contributed by atoms with Crippen molar-refractivity contribution in [2.75, 3.05) is 18.1 Å². The van der Waals surface area contributed by atoms with Gasteiger partial charge in [-0.3, -0.25) is 4.79 Å². The predicted molar refractivity (Wildman–Crippen MR) is 64.1 cm³/mol. The lowest BCUT2D eigenvalue weighted by atomic mass is 10.4. The zero-order valence-corrected chi connectivity index (χ0v) is 10.4. The van der Waals surface area contributed by atoms with E-state index >= 15 is 0 Å². The Morgan fingerprint density at radius 3 is 2.65 bits per heavy atom. The molecule has 0 aliphatic carbocycles. The van der Waals surface area contributed by atoms with Crippen molar-refractivity contribution in [1.82, 2.24) is 4.98 Å². The number of hydrogen-bond donors (Lipinski definition) is 0. The number of sulfone groups is 1. The number of aromatic nitrogens is 1. The Bertz CT molecular complexity index is 453. The quantitative estimate of drug-likeness (QED) is 0.684. The van der Waals surface area contributed by atoms with Gasteiger partial charge in [0.1, 0.15) is 18.1 Å². The van der Waals surface area contributed by atoms with Crippen molar-refractivity contribution in [2.45, 2.75) is 13.3 Å². The molecule has 0 saturated carbocycles. The van der Waals surface area contributed by atoms with Gasteiger partial charge in [0.05, 0.1) is 17.7 Å². The Kier molecular flexibility index (Phi) is 5.09. The highest BCUT2D eigenvalue weighted by atomic mass is 32.2. The Morgan fingerprint density at radius 2 is 2.12 bits per heavy atom. The maximum atomic E-state index is 11.4. The van der Waals surface area contributed by atoms with Crippen LogP contribution in [0.15, 0.2) is 18.3 Å². The third-order valence-electron chi connectivity index (χ3n) is 2.06. The highest BCUT2D eigenvalue weighted by Gasteiger charge is 2.09. The second-order valence-electron chi connectivity index (χ2n) is 3.54. The highest BCUT2D eigenvalue weighted by Crippen LogP contribution is 2.08. The molecule has 5 nitrogen and oxygen atoms in total. The summed E-state index contributed by atoms with van der Waals surface area (Å²) in [7, 11) is -3.02. The van der Waals surface area contributed by atoms with Gasteiger partial charge >= 0.3 is 0 Å². The van der Waals surface area contributed by atoms with Crippen LogP contribution < -0.4 is 4.74 Å². The first-order valence-electron chi connectivity index (χ1n) is 5.32. The molecule has 0 fully saturated rings. The number of rotatable bonds is 7. The molecule has 1 heterocycles. The second-order valence-corrected chi connectivity index (χ2v) is 5.84. The van der Waals surface area contributed by atoms with E-state index in [0.717, 1.165) is 0 Å². The minimum Gasteiger partial charge on any atom is -0.491 e. The Hall–Kier alpha value is -1.43. The molecule has 0 saturated heterocycles. The van der Waals surface area contributed by atoms with Crippen molar-refractivity contribution >= 4 is 16.1 Å². The summed E-state index contributed by atoms with van der Waals surface area (Å²) in [5.74, 6) is 0.636. The molecule has 1 rings (SSSR count). The number of carbonyl (C=O) groups is 1. The Morgan fingerprint density at radius 1 is 1.35 bits per heavy atom. The van der Waals surface area contributed by atoms with E-state index in [4.69, 9.17) is 4.74 Å². The van der Waals surface area contributed by atoms with Crippen LogP contribution in [0.3, 0.4) is 0 Å². The van der Waals surface area contributed by atoms with Crippen molar-refractivity contribution in [3.8, 4) is 5.75 Å². The first kappa shape index (κ1) is 13.6. The number of ether oxygens (including phenoxy) is 1. The Labute approximate surface area is 101 Å². The van der Waals surface area contributed by atoms with E-state index < -0.39 is 9.84 Å². The lowest BCUT2D eigenvalue weighted by Gasteiger charge is -2.06. The number of pyridine rings is 1. The average Bonchev–Trinajstić information content (AvgIpc) is 2.29. The lowest BCUT2D eigenvalue weighted by Crippen LogP contribution is -2.16. The fraction of sp³-hybridized carbons (Fsp3) is 0.455. The summed E-state index contributed by atoms with van der Waals surface area (Å²) in [6, 6.07) is 3.10. The molecule has 0 radical (unpaired) electrons. The fourth-order valence-electron chi connectivity index (χ4n) is 1.25. The van der Waals surface area contributed by atoms with E-state index in [9.17, 15) is 13.2 Å². The molecule has 0 N–H and O–H groups in total. The third-order valence-corrected chi connectivity index (χ3v) is 3.88. The summed E-state index contributed by atoms with van der Waals surface area (Å²) >= 11 is 0. The maximum absolute atomic E-state index is 11.4. The number of aldehydes is 1. The smallest absolute Gasteiger partial charge is 0.168 e. The molecule has 1 aromatic rings. The van der Waals surface area contributed by atoms with Gasteiger partial charge in [0.15, 0.2) is 16.1 Å². The lowest BCUT2D eigenvalue weighted by molar-refractivity contribution is 0.111. The number of carbonyl (C=O) groups excluding carboxylic acids is 1. The molecule has 0 aliphatic rings. The van der Waals surface area contributed by atoms with Gasteiger partial charge < -0.3 is 4.74 Å². The zero-order chi connectivity index (χ0) is 12.7. The highest BCUT2D eigenvalue weighted by molar-refractivity contribution is 7.91. The van der Waals surface area contributed by atoms with Crippen molar-refractivity contribution in [3.63, 3.8) is 0 Å². The van der Waals surface area contributed by atoms with Crippen LogP contribution in [0.25, 0.3) is 0 Å². The topological polar surface area (TPSA) is 73.3 Å². The van der Waals surface area contributed by atoms with Crippen LogP contribution in [0, 0.1) is 0 Å². The van der Waals surface area contributed by atoms with Crippen LogP contribution in [0.5, 0.6) is 5.75 Å². The van der Waals surface area contributed by atoms with Gasteiger partial charge in [0.25, 0.3) is 0 Å². The van der Waals surface area contributed by atoms with Crippen LogP contribution in [0.4, 0.5) is 0 Å². The molecule has 0 aliphatic heterocycles. The summed E-state index contributed by atoms with van der Waals surface area (Å²) < 4.78 is 28.0. The van der Waals surface area contributed by atoms with Crippen molar-refractivity contribution < 1.29 is 17.9 Å². The summed E-state index contributed by atoms with van der Waals surface area (Å²) in [5, 5.41) is 0. The van der Waals surface area contributed by atoms with E-state index in [1.807, 2.05) is 6.92 Å². The maximum Gasteiger partial charge on any atom is 0.168 e. The fourth-order valence-corrected chi connectivity index (χ4v) is 2.41. The monoisotopic (exact) mass is 257 g/mol. The van der Waals surface area contributed by atoms with Crippen LogP contribution >= 0.6 is 0 Å². The van der Waals surface area contributed by atoms with Crippen LogP contribution in [-0.4, -0.2) is 37.8 Å². The van der Waals surface area contributed by atoms with Crippen LogP contribution in [0.2, 0.25) is 0 Å². The summed E-state index contributed by atoms with van der Waals surface area (Å²) in [4.78, 5) is 14.2. The van der Waals surface area contributed by atoms with Gasteiger partial charge in [-0.2, -0.15) is 0 Å². The molecule has 0 amide bonds. The summed E-state index contributed by atoms with van der Waals surface area (Å²) in [6.07, 6.45) is 2.64. The predicted octanol–water partition coefficient (Wildman–Crippen LogP) is 1.10. The molecule has 0 spiro atoms. The molecule has 0 bridgehead atoms. The first-order chi connectivity index (χ1) is 8.07. The van der Waals surface area contributed by atoms with E-state index in [0.29, 0.717) is 24.2 Å². The minimum absolute atomic E-state index is 0.00370. The average molecular weight is 257 g/mol. The zero-order valence-electron chi connectivity index (χ0n) is 9.63. The molecule has 0 atom stereocenters. The van der Waals surface area contributed by atoms with Gasteiger partial charge in [0.2, 0.25) is 0 Å². The van der Waals surface area contributed by atoms with E-state index in [-0.39, 0.29) is 18.1 Å². The van der Waals surface area contributed by atoms with Gasteiger partial charge in [-0.1, -0.05) is 6.92 Å². The van der Waals surface area contributed by atoms with Gasteiger partial charge in [-0.15, -0.1) is 0 Å². The van der Waals surface area contributed by atoms with Crippen molar-refractivity contribution in [3.05, 3.63) is 24.0 Å². The van der Waals surface area contributed by atoms with Gasteiger partial charge in [0, 0.05) is 0 Å². The SMILES string of the molecule is CCCS(=O)(=O)CCOc1ccc(C=O)nc1. The molecular weight excluding hydrogens is 242 g/mol. The molecule has 94 valence electrons. The number of nitrogens with zero attached hydrogens (tertiary/aromatic N) is 1. The van der Waals surface area contributed by atoms with Crippen LogP contribution in [0.1, 0.15) is 23.8 Å². The molecule has 6 heteroatoms. The Balaban J connectivity index is 2.43. The largest absolute Gasteiger partial charge is 0.491 e. The molecular formula is C11H15NO4S.